The number of nitrogens with zero attached hydrogens (tertiary/aromatic N) is 1. The molecule has 3 aromatic rings. The molecule has 1 atom stereocenters. The van der Waals surface area contributed by atoms with E-state index < -0.39 is 11.2 Å². The molecule has 0 saturated carbocycles. The summed E-state index contributed by atoms with van der Waals surface area (Å²) in [5.74, 6) is -0.333. The van der Waals surface area contributed by atoms with E-state index in [1.165, 1.54) is 0 Å². The summed E-state index contributed by atoms with van der Waals surface area (Å²) >= 11 is 10.4. The molecule has 25 heavy (non-hydrogen) atoms. The molecule has 4 nitrogen and oxygen atoms in total. The molecule has 2 aromatic carbocycles. The molecule has 0 amide bonds. The van der Waals surface area contributed by atoms with E-state index in [9.17, 15) is 4.79 Å². The topological polar surface area (TPSA) is 63.3 Å². The van der Waals surface area contributed by atoms with Crippen molar-refractivity contribution in [2.75, 3.05) is 0 Å². The molecule has 3 rings (SSSR count). The first-order valence-corrected chi connectivity index (χ1v) is 9.41. The molecule has 0 saturated heterocycles. The first-order chi connectivity index (χ1) is 11.9. The maximum atomic E-state index is 11.1. The van der Waals surface area contributed by atoms with Gasteiger partial charge >= 0.3 is 5.97 Å². The fraction of sp³-hybridized carbons (Fsp3) is 0.111. The van der Waals surface area contributed by atoms with E-state index in [2.05, 4.69) is 20.9 Å². The predicted octanol–water partition coefficient (Wildman–Crippen LogP) is 5.99. The molecule has 7 heteroatoms. The van der Waals surface area contributed by atoms with E-state index in [0.29, 0.717) is 21.7 Å². The van der Waals surface area contributed by atoms with Crippen LogP contribution in [-0.4, -0.2) is 21.3 Å². The number of aliphatic carboxylic acids is 1. The molecule has 0 aliphatic heterocycles. The molecule has 0 aliphatic rings. The molecule has 0 aliphatic carbocycles. The normalized spacial score (nSPS) is 12.1. The number of hydrogen-bond acceptors (Lipinski definition) is 4. The van der Waals surface area contributed by atoms with Gasteiger partial charge in [-0.05, 0) is 43.3 Å². The minimum Gasteiger partial charge on any atom is -0.480 e. The molecule has 0 bridgehead atoms. The van der Waals surface area contributed by atoms with Crippen molar-refractivity contribution in [2.45, 2.75) is 17.4 Å². The Bertz CT molecular complexity index is 831. The van der Waals surface area contributed by atoms with Gasteiger partial charge in [-0.15, -0.1) is 0 Å². The van der Waals surface area contributed by atoms with Crippen LogP contribution in [0.3, 0.4) is 0 Å². The van der Waals surface area contributed by atoms with Crippen LogP contribution in [0.2, 0.25) is 5.02 Å². The number of thioether (sulfide) groups is 1. The Hall–Kier alpha value is -1.76. The van der Waals surface area contributed by atoms with Crippen LogP contribution in [0.5, 0.6) is 0 Å². The SMILES string of the molecule is CC(Sc1nc(-c2ccc(Br)cc2)c(-c2ccc(Cl)cc2)o1)C(=O)O. The first kappa shape index (κ1) is 18.0. The van der Waals surface area contributed by atoms with Gasteiger partial charge in [0.1, 0.15) is 10.9 Å². The Labute approximate surface area is 162 Å². The minimum atomic E-state index is -0.915. The van der Waals surface area contributed by atoms with Crippen LogP contribution in [0.25, 0.3) is 22.6 Å². The Balaban J connectivity index is 2.07. The summed E-state index contributed by atoms with van der Waals surface area (Å²) in [6.07, 6.45) is 0. The lowest BCUT2D eigenvalue weighted by Crippen LogP contribution is -2.10. The highest BCUT2D eigenvalue weighted by atomic mass is 79.9. The lowest BCUT2D eigenvalue weighted by molar-refractivity contribution is -0.136. The summed E-state index contributed by atoms with van der Waals surface area (Å²) in [5.41, 5.74) is 2.37. The third kappa shape index (κ3) is 4.26. The van der Waals surface area contributed by atoms with Crippen LogP contribution in [-0.2, 0) is 4.79 Å². The van der Waals surface area contributed by atoms with Crippen molar-refractivity contribution in [3.05, 3.63) is 58.0 Å². The second-order valence-electron chi connectivity index (χ2n) is 5.27. The third-order valence-corrected chi connectivity index (χ3v) is 5.17. The molecular formula is C18H13BrClNO3S. The lowest BCUT2D eigenvalue weighted by Gasteiger charge is -2.02. The highest BCUT2D eigenvalue weighted by Crippen LogP contribution is 2.37. The molecule has 1 N–H and O–H groups in total. The van der Waals surface area contributed by atoms with E-state index in [1.807, 2.05) is 36.4 Å². The zero-order chi connectivity index (χ0) is 18.0. The number of carboxylic acid groups (broad SMARTS) is 1. The number of carbonyl (C=O) groups is 1. The van der Waals surface area contributed by atoms with Crippen molar-refractivity contribution in [3.8, 4) is 22.6 Å². The smallest absolute Gasteiger partial charge is 0.316 e. The van der Waals surface area contributed by atoms with E-state index in [-0.39, 0.29) is 0 Å². The summed E-state index contributed by atoms with van der Waals surface area (Å²) in [6, 6.07) is 14.9. The fourth-order valence-corrected chi connectivity index (χ4v) is 3.22. The average molecular weight is 439 g/mol. The zero-order valence-electron chi connectivity index (χ0n) is 13.1. The minimum absolute atomic E-state index is 0.317. The lowest BCUT2D eigenvalue weighted by atomic mass is 10.1. The number of hydrogen-bond donors (Lipinski definition) is 1. The zero-order valence-corrected chi connectivity index (χ0v) is 16.2. The van der Waals surface area contributed by atoms with Crippen molar-refractivity contribution in [3.63, 3.8) is 0 Å². The van der Waals surface area contributed by atoms with Crippen molar-refractivity contribution >= 4 is 45.3 Å². The first-order valence-electron chi connectivity index (χ1n) is 7.36. The quantitative estimate of drug-likeness (QED) is 0.496. The summed E-state index contributed by atoms with van der Waals surface area (Å²) in [7, 11) is 0. The van der Waals surface area contributed by atoms with Gasteiger partial charge in [0, 0.05) is 20.6 Å². The second-order valence-corrected chi connectivity index (χ2v) is 7.91. The summed E-state index contributed by atoms with van der Waals surface area (Å²) < 4.78 is 6.84. The number of oxazole rings is 1. The van der Waals surface area contributed by atoms with Gasteiger partial charge in [0.25, 0.3) is 5.22 Å². The Morgan fingerprint density at radius 3 is 2.36 bits per heavy atom. The van der Waals surface area contributed by atoms with Gasteiger partial charge in [-0.25, -0.2) is 4.98 Å². The van der Waals surface area contributed by atoms with Crippen LogP contribution >= 0.6 is 39.3 Å². The van der Waals surface area contributed by atoms with E-state index >= 15 is 0 Å². The van der Waals surface area contributed by atoms with Gasteiger partial charge in [0.15, 0.2) is 5.76 Å². The maximum Gasteiger partial charge on any atom is 0.316 e. The predicted molar refractivity (Wildman–Crippen MR) is 103 cm³/mol. The monoisotopic (exact) mass is 437 g/mol. The van der Waals surface area contributed by atoms with Gasteiger partial charge in [0.2, 0.25) is 0 Å². The fourth-order valence-electron chi connectivity index (χ4n) is 2.15. The van der Waals surface area contributed by atoms with Crippen LogP contribution in [0.4, 0.5) is 0 Å². The Morgan fingerprint density at radius 2 is 1.76 bits per heavy atom. The summed E-state index contributed by atoms with van der Waals surface area (Å²) in [4.78, 5) is 15.6. The molecular weight excluding hydrogens is 426 g/mol. The van der Waals surface area contributed by atoms with Gasteiger partial charge < -0.3 is 9.52 Å². The largest absolute Gasteiger partial charge is 0.480 e. The summed E-state index contributed by atoms with van der Waals surface area (Å²) in [5, 5.41) is 9.39. The van der Waals surface area contributed by atoms with Crippen LogP contribution in [0, 0.1) is 0 Å². The highest BCUT2D eigenvalue weighted by Gasteiger charge is 2.21. The molecule has 0 fully saturated rings. The Morgan fingerprint density at radius 1 is 1.16 bits per heavy atom. The highest BCUT2D eigenvalue weighted by molar-refractivity contribution is 9.10. The van der Waals surface area contributed by atoms with Crippen molar-refractivity contribution < 1.29 is 14.3 Å². The van der Waals surface area contributed by atoms with Gasteiger partial charge in [-0.3, -0.25) is 4.79 Å². The summed E-state index contributed by atoms with van der Waals surface area (Å²) in [6.45, 7) is 1.60. The molecule has 0 spiro atoms. The number of benzene rings is 2. The van der Waals surface area contributed by atoms with Crippen LogP contribution < -0.4 is 0 Å². The standard InChI is InChI=1S/C18H13BrClNO3S/c1-10(17(22)23)25-18-21-15(11-2-6-13(19)7-3-11)16(24-18)12-4-8-14(20)9-5-12/h2-10H,1H3,(H,22,23). The average Bonchev–Trinajstić information content (AvgIpc) is 3.00. The van der Waals surface area contributed by atoms with Crippen molar-refractivity contribution in [1.82, 2.24) is 4.98 Å². The molecule has 0 radical (unpaired) electrons. The molecule has 1 aromatic heterocycles. The van der Waals surface area contributed by atoms with Gasteiger partial charge in [-0.1, -0.05) is 51.4 Å². The van der Waals surface area contributed by atoms with Crippen LogP contribution in [0.15, 0.2) is 62.6 Å². The van der Waals surface area contributed by atoms with Crippen LogP contribution in [0.1, 0.15) is 6.92 Å². The van der Waals surface area contributed by atoms with E-state index in [4.69, 9.17) is 21.1 Å². The second kappa shape index (κ2) is 7.64. The number of carboxylic acids is 1. The Kier molecular flexibility index (Phi) is 5.51. The van der Waals surface area contributed by atoms with E-state index in [0.717, 1.165) is 27.4 Å². The van der Waals surface area contributed by atoms with Gasteiger partial charge in [-0.2, -0.15) is 0 Å². The third-order valence-electron chi connectivity index (χ3n) is 3.46. The van der Waals surface area contributed by atoms with E-state index in [1.54, 1.807) is 19.1 Å². The van der Waals surface area contributed by atoms with Gasteiger partial charge in [0.05, 0.1) is 0 Å². The molecule has 1 heterocycles. The number of aromatic nitrogens is 1. The molecule has 128 valence electrons. The van der Waals surface area contributed by atoms with Crippen molar-refractivity contribution in [2.24, 2.45) is 0 Å². The number of halogens is 2. The number of rotatable bonds is 5. The van der Waals surface area contributed by atoms with Crippen molar-refractivity contribution in [1.29, 1.82) is 0 Å². The molecule has 1 unspecified atom stereocenters. The maximum absolute atomic E-state index is 11.1.